The van der Waals surface area contributed by atoms with Crippen LogP contribution >= 0.6 is 27.7 Å². The Morgan fingerprint density at radius 3 is 2.59 bits per heavy atom. The van der Waals surface area contributed by atoms with Crippen LogP contribution in [-0.2, 0) is 14.3 Å². The lowest BCUT2D eigenvalue weighted by atomic mass is 10.2. The molecular weight excluding hydrogens is 434 g/mol. The number of carbonyl (C=O) groups is 3. The number of esters is 1. The summed E-state index contributed by atoms with van der Waals surface area (Å²) >= 11 is 4.28. The summed E-state index contributed by atoms with van der Waals surface area (Å²) in [4.78, 5) is 37.8. The minimum absolute atomic E-state index is 0.0908. The number of thioether (sulfide) groups is 1. The van der Waals surface area contributed by atoms with Crippen LogP contribution in [0.25, 0.3) is 6.08 Å². The average Bonchev–Trinajstić information content (AvgIpc) is 2.90. The molecule has 0 saturated carbocycles. The standard InChI is InChI=1S/C19H22BrNO5S/c1-5-11(3)26-15-8-7-13(9-14(15)20)10-16-17(22)21(19(24)27-16)12(4)18(23)25-6-2/h7-12H,5-6H2,1-4H3/b16-10+/t11-,12-/m1/s1. The first-order valence-electron chi connectivity index (χ1n) is 8.68. The van der Waals surface area contributed by atoms with E-state index in [1.54, 1.807) is 13.0 Å². The monoisotopic (exact) mass is 455 g/mol. The van der Waals surface area contributed by atoms with Crippen LogP contribution < -0.4 is 4.74 Å². The highest BCUT2D eigenvalue weighted by Crippen LogP contribution is 2.35. The topological polar surface area (TPSA) is 72.9 Å². The Labute approximate surface area is 171 Å². The third kappa shape index (κ3) is 5.13. The van der Waals surface area contributed by atoms with Crippen LogP contribution in [0.5, 0.6) is 5.75 Å². The lowest BCUT2D eigenvalue weighted by Crippen LogP contribution is -2.42. The molecule has 1 heterocycles. The van der Waals surface area contributed by atoms with Crippen molar-refractivity contribution in [3.05, 3.63) is 33.1 Å². The zero-order valence-corrected chi connectivity index (χ0v) is 18.1. The summed E-state index contributed by atoms with van der Waals surface area (Å²) in [5.74, 6) is -0.387. The molecule has 146 valence electrons. The summed E-state index contributed by atoms with van der Waals surface area (Å²) in [5, 5.41) is -0.484. The number of hydrogen-bond acceptors (Lipinski definition) is 6. The minimum Gasteiger partial charge on any atom is -0.490 e. The van der Waals surface area contributed by atoms with Crippen molar-refractivity contribution in [3.8, 4) is 5.75 Å². The van der Waals surface area contributed by atoms with E-state index in [9.17, 15) is 14.4 Å². The second-order valence-electron chi connectivity index (χ2n) is 6.01. The highest BCUT2D eigenvalue weighted by atomic mass is 79.9. The van der Waals surface area contributed by atoms with Crippen molar-refractivity contribution in [1.29, 1.82) is 0 Å². The summed E-state index contributed by atoms with van der Waals surface area (Å²) in [6.07, 6.45) is 2.61. The van der Waals surface area contributed by atoms with E-state index in [0.717, 1.165) is 33.1 Å². The molecule has 1 aromatic rings. The highest BCUT2D eigenvalue weighted by molar-refractivity contribution is 9.10. The average molecular weight is 456 g/mol. The summed E-state index contributed by atoms with van der Waals surface area (Å²) in [7, 11) is 0. The molecule has 2 amide bonds. The fraction of sp³-hybridized carbons (Fsp3) is 0.421. The van der Waals surface area contributed by atoms with Crippen molar-refractivity contribution in [1.82, 2.24) is 4.90 Å². The van der Waals surface area contributed by atoms with Gasteiger partial charge in [-0.2, -0.15) is 0 Å². The molecule has 1 aromatic carbocycles. The van der Waals surface area contributed by atoms with E-state index in [1.165, 1.54) is 6.92 Å². The Morgan fingerprint density at radius 1 is 1.30 bits per heavy atom. The molecule has 0 unspecified atom stereocenters. The lowest BCUT2D eigenvalue weighted by Gasteiger charge is -2.19. The zero-order chi connectivity index (χ0) is 20.1. The third-order valence-corrected chi connectivity index (χ3v) is 5.50. The van der Waals surface area contributed by atoms with Gasteiger partial charge in [-0.1, -0.05) is 13.0 Å². The number of ether oxygens (including phenoxy) is 2. The van der Waals surface area contributed by atoms with Gasteiger partial charge in [-0.15, -0.1) is 0 Å². The minimum atomic E-state index is -0.957. The number of imide groups is 1. The van der Waals surface area contributed by atoms with Gasteiger partial charge in [-0.3, -0.25) is 14.5 Å². The van der Waals surface area contributed by atoms with E-state index in [-0.39, 0.29) is 17.6 Å². The molecular formula is C19H22BrNO5S. The number of amides is 2. The molecule has 27 heavy (non-hydrogen) atoms. The second-order valence-corrected chi connectivity index (χ2v) is 7.85. The van der Waals surface area contributed by atoms with Crippen LogP contribution in [0.1, 0.15) is 39.7 Å². The molecule has 1 saturated heterocycles. The van der Waals surface area contributed by atoms with Gasteiger partial charge in [0.15, 0.2) is 0 Å². The first kappa shape index (κ1) is 21.5. The molecule has 0 bridgehead atoms. The Balaban J connectivity index is 2.20. The van der Waals surface area contributed by atoms with Crippen molar-refractivity contribution in [2.45, 2.75) is 46.3 Å². The molecule has 0 radical (unpaired) electrons. The maximum atomic E-state index is 12.6. The Hall–Kier alpha value is -1.80. The Kier molecular flexibility index (Phi) is 7.49. The molecule has 2 atom stereocenters. The molecule has 0 spiro atoms. The maximum absolute atomic E-state index is 12.6. The summed E-state index contributed by atoms with van der Waals surface area (Å²) in [5.41, 5.74) is 0.743. The van der Waals surface area contributed by atoms with E-state index < -0.39 is 23.2 Å². The molecule has 0 aromatic heterocycles. The first-order valence-corrected chi connectivity index (χ1v) is 10.3. The summed E-state index contributed by atoms with van der Waals surface area (Å²) in [6, 6.07) is 4.49. The van der Waals surface area contributed by atoms with Gasteiger partial charge < -0.3 is 9.47 Å². The van der Waals surface area contributed by atoms with E-state index in [0.29, 0.717) is 5.75 Å². The highest BCUT2D eigenvalue weighted by Gasteiger charge is 2.41. The lowest BCUT2D eigenvalue weighted by molar-refractivity contribution is -0.150. The van der Waals surface area contributed by atoms with E-state index >= 15 is 0 Å². The summed E-state index contributed by atoms with van der Waals surface area (Å²) in [6.45, 7) is 7.37. The van der Waals surface area contributed by atoms with Gasteiger partial charge in [0.1, 0.15) is 11.8 Å². The number of rotatable bonds is 7. The van der Waals surface area contributed by atoms with Gasteiger partial charge in [0.2, 0.25) is 0 Å². The third-order valence-electron chi connectivity index (χ3n) is 4.00. The van der Waals surface area contributed by atoms with Crippen LogP contribution in [0.4, 0.5) is 4.79 Å². The fourth-order valence-electron chi connectivity index (χ4n) is 2.34. The fourth-order valence-corrected chi connectivity index (χ4v) is 3.73. The molecule has 6 nitrogen and oxygen atoms in total. The number of halogens is 1. The van der Waals surface area contributed by atoms with Gasteiger partial charge in [-0.25, -0.2) is 4.79 Å². The van der Waals surface area contributed by atoms with Gasteiger partial charge in [0.05, 0.1) is 22.1 Å². The van der Waals surface area contributed by atoms with E-state index in [1.807, 2.05) is 32.0 Å². The number of nitrogens with zero attached hydrogens (tertiary/aromatic N) is 1. The van der Waals surface area contributed by atoms with Gasteiger partial charge in [-0.05, 0) is 78.7 Å². The number of carbonyl (C=O) groups excluding carboxylic acids is 3. The largest absolute Gasteiger partial charge is 0.490 e. The van der Waals surface area contributed by atoms with Crippen LogP contribution in [0, 0.1) is 0 Å². The van der Waals surface area contributed by atoms with Crippen LogP contribution in [-0.4, -0.2) is 40.8 Å². The zero-order valence-electron chi connectivity index (χ0n) is 15.7. The Bertz CT molecular complexity index is 779. The molecule has 1 fully saturated rings. The van der Waals surface area contributed by atoms with Gasteiger partial charge in [0, 0.05) is 0 Å². The van der Waals surface area contributed by atoms with E-state index in [2.05, 4.69) is 15.9 Å². The van der Waals surface area contributed by atoms with Crippen molar-refractivity contribution in [2.75, 3.05) is 6.61 Å². The molecule has 8 heteroatoms. The predicted molar refractivity (Wildman–Crippen MR) is 108 cm³/mol. The van der Waals surface area contributed by atoms with Crippen molar-refractivity contribution < 1.29 is 23.9 Å². The van der Waals surface area contributed by atoms with Gasteiger partial charge >= 0.3 is 5.97 Å². The van der Waals surface area contributed by atoms with Crippen molar-refractivity contribution >= 4 is 50.9 Å². The van der Waals surface area contributed by atoms with Gasteiger partial charge in [0.25, 0.3) is 11.1 Å². The van der Waals surface area contributed by atoms with Crippen LogP contribution in [0.3, 0.4) is 0 Å². The molecule has 1 aliphatic rings. The normalized spacial score (nSPS) is 18.0. The first-order chi connectivity index (χ1) is 12.8. The van der Waals surface area contributed by atoms with Crippen molar-refractivity contribution in [3.63, 3.8) is 0 Å². The maximum Gasteiger partial charge on any atom is 0.329 e. The molecule has 0 aliphatic carbocycles. The van der Waals surface area contributed by atoms with Crippen molar-refractivity contribution in [2.24, 2.45) is 0 Å². The predicted octanol–water partition coefficient (Wildman–Crippen LogP) is 4.61. The quantitative estimate of drug-likeness (QED) is 0.441. The molecule has 0 N–H and O–H groups in total. The van der Waals surface area contributed by atoms with Crippen LogP contribution in [0.15, 0.2) is 27.6 Å². The Morgan fingerprint density at radius 2 is 2.00 bits per heavy atom. The summed E-state index contributed by atoms with van der Waals surface area (Å²) < 4.78 is 11.5. The SMILES string of the molecule is CCOC(=O)[C@@H](C)N1C(=O)S/C(=C/c2ccc(O[C@H](C)CC)c(Br)c2)C1=O. The molecule has 1 aliphatic heterocycles. The second kappa shape index (κ2) is 9.41. The number of hydrogen-bond donors (Lipinski definition) is 0. The van der Waals surface area contributed by atoms with E-state index in [4.69, 9.17) is 9.47 Å². The number of benzene rings is 1. The molecule has 2 rings (SSSR count). The smallest absolute Gasteiger partial charge is 0.329 e. The van der Waals surface area contributed by atoms with Crippen LogP contribution in [0.2, 0.25) is 0 Å².